The Morgan fingerprint density at radius 1 is 1.26 bits per heavy atom. The summed E-state index contributed by atoms with van der Waals surface area (Å²) in [6.45, 7) is 4.47. The van der Waals surface area contributed by atoms with Crippen LogP contribution in [0.25, 0.3) is 10.8 Å². The Hall–Kier alpha value is -2.36. The minimum absolute atomic E-state index is 0.0181. The van der Waals surface area contributed by atoms with Gasteiger partial charge in [0, 0.05) is 24.4 Å². The highest BCUT2D eigenvalue weighted by Gasteiger charge is 2.35. The molecule has 1 heterocycles. The number of carbonyl (C=O) groups excluding carboxylic acids is 2. The fraction of sp³-hybridized carbons (Fsp3) is 0.368. The molecular formula is C19H22N2O2. The van der Waals surface area contributed by atoms with Gasteiger partial charge in [-0.05, 0) is 24.8 Å². The van der Waals surface area contributed by atoms with E-state index in [2.05, 4.69) is 5.32 Å². The number of carbonyl (C=O) groups is 2. The number of hydrogen-bond acceptors (Lipinski definition) is 2. The van der Waals surface area contributed by atoms with Crippen LogP contribution in [-0.4, -0.2) is 24.4 Å². The molecule has 4 heteroatoms. The van der Waals surface area contributed by atoms with Gasteiger partial charge >= 0.3 is 0 Å². The highest BCUT2D eigenvalue weighted by atomic mass is 16.2. The molecule has 1 aliphatic rings. The fourth-order valence-corrected chi connectivity index (χ4v) is 3.02. The summed E-state index contributed by atoms with van der Waals surface area (Å²) in [5, 5.41) is 5.13. The van der Waals surface area contributed by atoms with E-state index in [4.69, 9.17) is 0 Å². The first-order chi connectivity index (χ1) is 11.1. The summed E-state index contributed by atoms with van der Waals surface area (Å²) < 4.78 is 0. The molecule has 3 rings (SSSR count). The monoisotopic (exact) mass is 310 g/mol. The van der Waals surface area contributed by atoms with Crippen LogP contribution in [-0.2, 0) is 9.59 Å². The molecule has 1 N–H and O–H groups in total. The maximum Gasteiger partial charge on any atom is 0.227 e. The van der Waals surface area contributed by atoms with Gasteiger partial charge in [0.25, 0.3) is 0 Å². The molecule has 2 atom stereocenters. The smallest absolute Gasteiger partial charge is 0.227 e. The summed E-state index contributed by atoms with van der Waals surface area (Å²) in [5.74, 6) is -0.267. The van der Waals surface area contributed by atoms with Crippen molar-refractivity contribution >= 4 is 28.3 Å². The van der Waals surface area contributed by atoms with Gasteiger partial charge in [-0.15, -0.1) is 0 Å². The van der Waals surface area contributed by atoms with Gasteiger partial charge < -0.3 is 10.2 Å². The predicted molar refractivity (Wildman–Crippen MR) is 92.3 cm³/mol. The van der Waals surface area contributed by atoms with E-state index in [0.29, 0.717) is 6.54 Å². The SMILES string of the molecule is CCC(C)NC(=O)C1CC(=O)N(c2cccc3ccccc23)C1. The molecule has 4 nitrogen and oxygen atoms in total. The maximum atomic E-state index is 12.4. The lowest BCUT2D eigenvalue weighted by molar-refractivity contribution is -0.126. The molecule has 120 valence electrons. The lowest BCUT2D eigenvalue weighted by Gasteiger charge is -2.19. The van der Waals surface area contributed by atoms with Crippen LogP contribution in [0.2, 0.25) is 0 Å². The van der Waals surface area contributed by atoms with E-state index in [1.165, 1.54) is 0 Å². The second-order valence-electron chi connectivity index (χ2n) is 6.22. The molecule has 2 amide bonds. The molecule has 2 unspecified atom stereocenters. The first kappa shape index (κ1) is 15.5. The first-order valence-corrected chi connectivity index (χ1v) is 8.18. The van der Waals surface area contributed by atoms with Crippen LogP contribution >= 0.6 is 0 Å². The first-order valence-electron chi connectivity index (χ1n) is 8.18. The van der Waals surface area contributed by atoms with Crippen molar-refractivity contribution in [3.8, 4) is 0 Å². The normalized spacial score (nSPS) is 19.1. The van der Waals surface area contributed by atoms with Crippen molar-refractivity contribution < 1.29 is 9.59 Å². The molecule has 0 aliphatic carbocycles. The summed E-state index contributed by atoms with van der Waals surface area (Å²) >= 11 is 0. The van der Waals surface area contributed by atoms with E-state index >= 15 is 0 Å². The largest absolute Gasteiger partial charge is 0.353 e. The van der Waals surface area contributed by atoms with E-state index in [0.717, 1.165) is 22.9 Å². The number of fused-ring (bicyclic) bond motifs is 1. The summed E-state index contributed by atoms with van der Waals surface area (Å²) in [6.07, 6.45) is 1.17. The van der Waals surface area contributed by atoms with Gasteiger partial charge in [0.05, 0.1) is 11.6 Å². The van der Waals surface area contributed by atoms with Crippen molar-refractivity contribution in [1.29, 1.82) is 0 Å². The topological polar surface area (TPSA) is 49.4 Å². The summed E-state index contributed by atoms with van der Waals surface area (Å²) in [5.41, 5.74) is 0.895. The van der Waals surface area contributed by atoms with E-state index in [1.807, 2.05) is 56.3 Å². The minimum atomic E-state index is -0.268. The standard InChI is InChI=1S/C19H22N2O2/c1-3-13(2)20-19(23)15-11-18(22)21(12-15)17-10-6-8-14-7-4-5-9-16(14)17/h4-10,13,15H,3,11-12H2,1-2H3,(H,20,23). The zero-order valence-corrected chi connectivity index (χ0v) is 13.6. The lowest BCUT2D eigenvalue weighted by atomic mass is 10.1. The average molecular weight is 310 g/mol. The molecule has 23 heavy (non-hydrogen) atoms. The second kappa shape index (κ2) is 6.41. The molecule has 0 bridgehead atoms. The highest BCUT2D eigenvalue weighted by Crippen LogP contribution is 2.31. The van der Waals surface area contributed by atoms with Crippen LogP contribution in [0.5, 0.6) is 0 Å². The van der Waals surface area contributed by atoms with Crippen molar-refractivity contribution in [3.05, 3.63) is 42.5 Å². The van der Waals surface area contributed by atoms with Gasteiger partial charge in [-0.3, -0.25) is 9.59 Å². The quantitative estimate of drug-likeness (QED) is 0.943. The second-order valence-corrected chi connectivity index (χ2v) is 6.22. The Morgan fingerprint density at radius 3 is 2.78 bits per heavy atom. The molecule has 1 saturated heterocycles. The lowest BCUT2D eigenvalue weighted by Crippen LogP contribution is -2.38. The predicted octanol–water partition coefficient (Wildman–Crippen LogP) is 3.11. The van der Waals surface area contributed by atoms with Crippen molar-refractivity contribution in [2.75, 3.05) is 11.4 Å². The van der Waals surface area contributed by atoms with Crippen LogP contribution in [0.3, 0.4) is 0 Å². The van der Waals surface area contributed by atoms with Crippen LogP contribution in [0, 0.1) is 5.92 Å². The Morgan fingerprint density at radius 2 is 2.00 bits per heavy atom. The third-order valence-corrected chi connectivity index (χ3v) is 4.55. The Balaban J connectivity index is 1.84. The number of rotatable bonds is 4. The van der Waals surface area contributed by atoms with Crippen molar-refractivity contribution in [3.63, 3.8) is 0 Å². The number of anilines is 1. The maximum absolute atomic E-state index is 12.4. The molecule has 2 aromatic carbocycles. The zero-order chi connectivity index (χ0) is 16.4. The fourth-order valence-electron chi connectivity index (χ4n) is 3.02. The molecular weight excluding hydrogens is 288 g/mol. The highest BCUT2D eigenvalue weighted by molar-refractivity contribution is 6.06. The van der Waals surface area contributed by atoms with Gasteiger partial charge in [-0.1, -0.05) is 43.3 Å². The zero-order valence-electron chi connectivity index (χ0n) is 13.6. The van der Waals surface area contributed by atoms with Crippen molar-refractivity contribution in [2.45, 2.75) is 32.7 Å². The number of hydrogen-bond donors (Lipinski definition) is 1. The van der Waals surface area contributed by atoms with Crippen LogP contribution < -0.4 is 10.2 Å². The van der Waals surface area contributed by atoms with Gasteiger partial charge in [-0.25, -0.2) is 0 Å². The summed E-state index contributed by atoms with van der Waals surface area (Å²) in [4.78, 5) is 26.5. The third kappa shape index (κ3) is 3.07. The molecule has 1 fully saturated rings. The average Bonchev–Trinajstić information content (AvgIpc) is 2.96. The Labute approximate surface area is 136 Å². The van der Waals surface area contributed by atoms with E-state index in [9.17, 15) is 9.59 Å². The van der Waals surface area contributed by atoms with Crippen LogP contribution in [0.15, 0.2) is 42.5 Å². The van der Waals surface area contributed by atoms with Crippen LogP contribution in [0.4, 0.5) is 5.69 Å². The third-order valence-electron chi connectivity index (χ3n) is 4.55. The van der Waals surface area contributed by atoms with E-state index in [1.54, 1.807) is 4.90 Å². The summed E-state index contributed by atoms with van der Waals surface area (Å²) in [7, 11) is 0. The van der Waals surface area contributed by atoms with Gasteiger partial charge in [0.2, 0.25) is 11.8 Å². The molecule has 0 spiro atoms. The van der Waals surface area contributed by atoms with Gasteiger partial charge in [0.1, 0.15) is 0 Å². The number of nitrogens with zero attached hydrogens (tertiary/aromatic N) is 1. The van der Waals surface area contributed by atoms with Crippen LogP contribution in [0.1, 0.15) is 26.7 Å². The Bertz CT molecular complexity index is 736. The van der Waals surface area contributed by atoms with Gasteiger partial charge in [0.15, 0.2) is 0 Å². The number of amides is 2. The molecule has 2 aromatic rings. The molecule has 1 aliphatic heterocycles. The van der Waals surface area contributed by atoms with Crippen molar-refractivity contribution in [1.82, 2.24) is 5.32 Å². The number of nitrogens with one attached hydrogen (secondary N) is 1. The summed E-state index contributed by atoms with van der Waals surface area (Å²) in [6, 6.07) is 14.1. The number of benzene rings is 2. The molecule has 0 aromatic heterocycles. The molecule has 0 radical (unpaired) electrons. The van der Waals surface area contributed by atoms with E-state index < -0.39 is 0 Å². The van der Waals surface area contributed by atoms with E-state index in [-0.39, 0.29) is 30.2 Å². The Kier molecular flexibility index (Phi) is 4.33. The molecule has 0 saturated carbocycles. The van der Waals surface area contributed by atoms with Crippen molar-refractivity contribution in [2.24, 2.45) is 5.92 Å². The van der Waals surface area contributed by atoms with Gasteiger partial charge in [-0.2, -0.15) is 0 Å². The minimum Gasteiger partial charge on any atom is -0.353 e.